The number of fused-ring (bicyclic) bond motifs is 2. The molecule has 4 nitrogen and oxygen atoms in total. The third-order valence-electron chi connectivity index (χ3n) is 5.77. The third-order valence-corrected chi connectivity index (χ3v) is 5.77. The molecule has 1 aliphatic heterocycles. The van der Waals surface area contributed by atoms with Crippen molar-refractivity contribution in [2.45, 2.75) is 32.1 Å². The molecule has 1 aromatic carbocycles. The zero-order chi connectivity index (χ0) is 18.6. The van der Waals surface area contributed by atoms with E-state index in [2.05, 4.69) is 46.3 Å². The second kappa shape index (κ2) is 10.8. The fraction of sp³-hybridized carbons (Fsp3) is 0.391. The van der Waals surface area contributed by atoms with Gasteiger partial charge in [-0.2, -0.15) is 0 Å². The lowest BCUT2D eigenvalue weighted by Gasteiger charge is -2.30. The molecule has 0 unspecified atom stereocenters. The highest BCUT2D eigenvalue weighted by molar-refractivity contribution is 5.85. The molecule has 6 heteroatoms. The van der Waals surface area contributed by atoms with Crippen LogP contribution in [0.25, 0.3) is 5.57 Å². The summed E-state index contributed by atoms with van der Waals surface area (Å²) in [5, 5.41) is 9.29. The maximum atomic E-state index is 11.3. The highest BCUT2D eigenvalue weighted by Gasteiger charge is 2.25. The van der Waals surface area contributed by atoms with Crippen LogP contribution in [-0.4, -0.2) is 40.6 Å². The van der Waals surface area contributed by atoms with Crippen molar-refractivity contribution in [3.63, 3.8) is 0 Å². The van der Waals surface area contributed by atoms with Gasteiger partial charge in [-0.3, -0.25) is 9.78 Å². The molecule has 2 heterocycles. The minimum atomic E-state index is -0.657. The van der Waals surface area contributed by atoms with Gasteiger partial charge in [0.1, 0.15) is 0 Å². The quantitative estimate of drug-likeness (QED) is 0.760. The molecule has 1 aromatic heterocycles. The first-order valence-corrected chi connectivity index (χ1v) is 9.90. The molecule has 1 N–H and O–H groups in total. The summed E-state index contributed by atoms with van der Waals surface area (Å²) in [6.07, 6.45) is 8.90. The van der Waals surface area contributed by atoms with Crippen LogP contribution in [0.1, 0.15) is 41.6 Å². The van der Waals surface area contributed by atoms with Crippen LogP contribution in [0.5, 0.6) is 0 Å². The Kier molecular flexibility index (Phi) is 8.69. The van der Waals surface area contributed by atoms with Gasteiger partial charge in [0.2, 0.25) is 0 Å². The Morgan fingerprint density at radius 1 is 1.14 bits per heavy atom. The van der Waals surface area contributed by atoms with E-state index in [1.165, 1.54) is 28.0 Å². The van der Waals surface area contributed by atoms with Crippen molar-refractivity contribution in [1.82, 2.24) is 9.88 Å². The number of piperidine rings is 1. The molecule has 4 rings (SSSR count). The molecular formula is C23H28Cl2N2O2. The summed E-state index contributed by atoms with van der Waals surface area (Å²) in [6, 6.07) is 12.8. The van der Waals surface area contributed by atoms with Gasteiger partial charge in [0.15, 0.2) is 0 Å². The Bertz CT molecular complexity index is 820. The van der Waals surface area contributed by atoms with Crippen LogP contribution in [0.15, 0.2) is 48.7 Å². The molecule has 2 aliphatic rings. The summed E-state index contributed by atoms with van der Waals surface area (Å²) >= 11 is 0. The summed E-state index contributed by atoms with van der Waals surface area (Å²) in [5.41, 5.74) is 6.38. The van der Waals surface area contributed by atoms with E-state index in [1.54, 1.807) is 0 Å². The van der Waals surface area contributed by atoms with E-state index in [0.29, 0.717) is 6.54 Å². The van der Waals surface area contributed by atoms with Crippen LogP contribution < -0.4 is 0 Å². The minimum absolute atomic E-state index is 0. The van der Waals surface area contributed by atoms with Crippen molar-refractivity contribution in [2.24, 2.45) is 5.92 Å². The average Bonchev–Trinajstić information content (AvgIpc) is 2.86. The number of hydrogen-bond acceptors (Lipinski definition) is 3. The third kappa shape index (κ3) is 5.39. The number of aryl methyl sites for hydroxylation is 2. The molecule has 0 spiro atoms. The Morgan fingerprint density at radius 2 is 1.93 bits per heavy atom. The molecule has 1 aliphatic carbocycles. The maximum absolute atomic E-state index is 11.3. The Morgan fingerprint density at radius 3 is 2.76 bits per heavy atom. The monoisotopic (exact) mass is 434 g/mol. The van der Waals surface area contributed by atoms with Gasteiger partial charge >= 0.3 is 5.97 Å². The van der Waals surface area contributed by atoms with E-state index < -0.39 is 5.97 Å². The van der Waals surface area contributed by atoms with Crippen LogP contribution in [0, 0.1) is 5.92 Å². The predicted molar refractivity (Wildman–Crippen MR) is 121 cm³/mol. The Labute approximate surface area is 184 Å². The van der Waals surface area contributed by atoms with E-state index in [9.17, 15) is 9.90 Å². The molecule has 1 atom stereocenters. The highest BCUT2D eigenvalue weighted by Crippen LogP contribution is 2.32. The SMILES string of the molecule is Cl.Cl.O=C(O)[C@@H]1CCCN(CCC=C2c3ccccc3CCc3ncccc32)C1. The van der Waals surface area contributed by atoms with Gasteiger partial charge in [-0.25, -0.2) is 0 Å². The van der Waals surface area contributed by atoms with E-state index >= 15 is 0 Å². The number of carbonyl (C=O) groups is 1. The molecule has 0 amide bonds. The largest absolute Gasteiger partial charge is 0.481 e. The summed E-state index contributed by atoms with van der Waals surface area (Å²) in [7, 11) is 0. The maximum Gasteiger partial charge on any atom is 0.307 e. The number of benzene rings is 1. The summed E-state index contributed by atoms with van der Waals surface area (Å²) in [4.78, 5) is 18.2. The van der Waals surface area contributed by atoms with E-state index in [1.807, 2.05) is 12.3 Å². The van der Waals surface area contributed by atoms with Gasteiger partial charge in [-0.1, -0.05) is 36.4 Å². The zero-order valence-corrected chi connectivity index (χ0v) is 18.1. The van der Waals surface area contributed by atoms with Gasteiger partial charge in [0.25, 0.3) is 0 Å². The predicted octanol–water partition coefficient (Wildman–Crippen LogP) is 4.64. The number of carboxylic acid groups (broad SMARTS) is 1. The molecule has 156 valence electrons. The summed E-state index contributed by atoms with van der Waals surface area (Å²) < 4.78 is 0. The van der Waals surface area contributed by atoms with Crippen molar-refractivity contribution in [2.75, 3.05) is 19.6 Å². The van der Waals surface area contributed by atoms with Crippen LogP contribution in [0.2, 0.25) is 0 Å². The molecule has 2 aromatic rings. The van der Waals surface area contributed by atoms with Gasteiger partial charge in [0, 0.05) is 30.5 Å². The van der Waals surface area contributed by atoms with Crippen molar-refractivity contribution >= 4 is 36.4 Å². The second-order valence-electron chi connectivity index (χ2n) is 7.54. The Hall–Kier alpha value is -1.88. The molecule has 0 saturated carbocycles. The number of rotatable bonds is 4. The second-order valence-corrected chi connectivity index (χ2v) is 7.54. The Balaban J connectivity index is 0.00000150. The number of nitrogens with zero attached hydrogens (tertiary/aromatic N) is 2. The number of aromatic nitrogens is 1. The molecular weight excluding hydrogens is 407 g/mol. The zero-order valence-electron chi connectivity index (χ0n) is 16.4. The lowest BCUT2D eigenvalue weighted by atomic mass is 9.94. The van der Waals surface area contributed by atoms with Crippen molar-refractivity contribution in [3.8, 4) is 0 Å². The first-order chi connectivity index (χ1) is 13.2. The number of aliphatic carboxylic acids is 1. The number of pyridine rings is 1. The number of hydrogen-bond donors (Lipinski definition) is 1. The number of halogens is 2. The van der Waals surface area contributed by atoms with Gasteiger partial charge in [-0.05, 0) is 61.4 Å². The van der Waals surface area contributed by atoms with Crippen LogP contribution in [0.4, 0.5) is 0 Å². The number of carboxylic acids is 1. The lowest BCUT2D eigenvalue weighted by molar-refractivity contribution is -0.143. The van der Waals surface area contributed by atoms with Crippen molar-refractivity contribution in [3.05, 3.63) is 71.1 Å². The summed E-state index contributed by atoms with van der Waals surface area (Å²) in [5.74, 6) is -0.870. The number of likely N-dealkylation sites (tertiary alicyclic amines) is 1. The molecule has 0 bridgehead atoms. The fourth-order valence-electron chi connectivity index (χ4n) is 4.35. The normalized spacial score (nSPS) is 19.9. The highest BCUT2D eigenvalue weighted by atomic mass is 35.5. The molecule has 29 heavy (non-hydrogen) atoms. The van der Waals surface area contributed by atoms with Crippen LogP contribution in [-0.2, 0) is 17.6 Å². The van der Waals surface area contributed by atoms with E-state index in [0.717, 1.165) is 45.2 Å². The smallest absolute Gasteiger partial charge is 0.307 e. The molecule has 0 radical (unpaired) electrons. The van der Waals surface area contributed by atoms with Crippen LogP contribution >= 0.6 is 24.8 Å². The van der Waals surface area contributed by atoms with Gasteiger partial charge in [-0.15, -0.1) is 24.8 Å². The van der Waals surface area contributed by atoms with Crippen molar-refractivity contribution < 1.29 is 9.90 Å². The fourth-order valence-corrected chi connectivity index (χ4v) is 4.35. The van der Waals surface area contributed by atoms with Crippen molar-refractivity contribution in [1.29, 1.82) is 0 Å². The van der Waals surface area contributed by atoms with E-state index in [4.69, 9.17) is 0 Å². The average molecular weight is 435 g/mol. The van der Waals surface area contributed by atoms with Gasteiger partial charge < -0.3 is 10.0 Å². The van der Waals surface area contributed by atoms with E-state index in [-0.39, 0.29) is 30.7 Å². The summed E-state index contributed by atoms with van der Waals surface area (Å²) in [6.45, 7) is 2.58. The molecule has 1 fully saturated rings. The first-order valence-electron chi connectivity index (χ1n) is 9.90. The van der Waals surface area contributed by atoms with Gasteiger partial charge in [0.05, 0.1) is 5.92 Å². The minimum Gasteiger partial charge on any atom is -0.481 e. The standard InChI is InChI=1S/C23H26N2O2.2ClH/c26-23(27)18-7-4-14-25(16-18)15-5-10-20-19-8-2-1-6-17(19)11-12-22-21(20)9-3-13-24-22;;/h1-3,6,8-10,13,18H,4-5,7,11-12,14-16H2,(H,26,27);2*1H/t18-;;/m1../s1. The lowest BCUT2D eigenvalue weighted by Crippen LogP contribution is -2.39. The topological polar surface area (TPSA) is 53.4 Å². The molecule has 1 saturated heterocycles. The van der Waals surface area contributed by atoms with Crippen LogP contribution in [0.3, 0.4) is 0 Å². The first kappa shape index (κ1) is 23.4.